The normalized spacial score (nSPS) is 23.7. The third kappa shape index (κ3) is 8.30. The van der Waals surface area contributed by atoms with E-state index in [2.05, 4.69) is 26.3 Å². The lowest BCUT2D eigenvalue weighted by Crippen LogP contribution is -2.58. The van der Waals surface area contributed by atoms with E-state index in [0.717, 1.165) is 16.8 Å². The van der Waals surface area contributed by atoms with Crippen molar-refractivity contribution in [2.24, 2.45) is 5.92 Å². The van der Waals surface area contributed by atoms with Gasteiger partial charge in [0.05, 0.1) is 0 Å². The second-order valence-corrected chi connectivity index (χ2v) is 11.4. The fourth-order valence-electron chi connectivity index (χ4n) is 5.22. The Labute approximate surface area is 251 Å². The summed E-state index contributed by atoms with van der Waals surface area (Å²) in [5.41, 5.74) is 2.43. The molecule has 1 aromatic carbocycles. The number of carbonyl (C=O) groups excluding carboxylic acids is 5. The monoisotopic (exact) mass is 592 g/mol. The number of aryl methyl sites for hydroxylation is 1. The van der Waals surface area contributed by atoms with E-state index in [4.69, 9.17) is 4.74 Å². The fraction of sp³-hybridized carbons (Fsp3) is 0.484. The van der Waals surface area contributed by atoms with Crippen molar-refractivity contribution in [3.05, 3.63) is 59.4 Å². The van der Waals surface area contributed by atoms with Crippen LogP contribution in [0.1, 0.15) is 50.4 Å². The number of ether oxygens (including phenoxy) is 1. The van der Waals surface area contributed by atoms with Crippen LogP contribution in [-0.4, -0.2) is 76.7 Å². The lowest BCUT2D eigenvalue weighted by Gasteiger charge is -2.31. The van der Waals surface area contributed by atoms with Gasteiger partial charge in [-0.05, 0) is 68.0 Å². The summed E-state index contributed by atoms with van der Waals surface area (Å²) < 4.78 is 5.65. The highest BCUT2D eigenvalue weighted by Gasteiger charge is 2.39. The molecule has 12 nitrogen and oxygen atoms in total. The summed E-state index contributed by atoms with van der Waals surface area (Å²) in [5, 5.41) is 11.1. The Morgan fingerprint density at radius 2 is 1.81 bits per heavy atom. The Balaban J connectivity index is 1.57. The molecule has 1 fully saturated rings. The molecule has 4 heterocycles. The maximum atomic E-state index is 13.5. The Morgan fingerprint density at radius 3 is 2.51 bits per heavy atom. The summed E-state index contributed by atoms with van der Waals surface area (Å²) in [5.74, 6) is -2.01. The minimum atomic E-state index is -0.971. The standard InChI is InChI=1S/C31H40N6O6/c1-18(2)27-31(42)37-13-5-6-25(37)30(41)34-20(4)28(39)35-24(29(40)33-16-22-11-12-32-19(3)14-22)15-21-7-9-23(10-8-21)43-17-26(38)36-27/h7-12,14,18,20,24-25,27H,5-6,13,15-17H2,1-4H3,(H,33,40)(H,34,41)(H,35,39)(H,36,38)/t20-,24+,25-,27+/m0/s1. The quantitative estimate of drug-likeness (QED) is 0.408. The van der Waals surface area contributed by atoms with E-state index in [1.54, 1.807) is 36.5 Å². The van der Waals surface area contributed by atoms with Gasteiger partial charge in [-0.1, -0.05) is 26.0 Å². The predicted octanol–water partition coefficient (Wildman–Crippen LogP) is 0.763. The molecule has 2 bridgehead atoms. The van der Waals surface area contributed by atoms with Crippen molar-refractivity contribution in [1.29, 1.82) is 0 Å². The summed E-state index contributed by atoms with van der Waals surface area (Å²) in [6.07, 6.45) is 2.88. The maximum Gasteiger partial charge on any atom is 0.258 e. The Kier molecular flexibility index (Phi) is 10.3. The lowest BCUT2D eigenvalue weighted by atomic mass is 10.0. The van der Waals surface area contributed by atoms with Crippen LogP contribution in [0, 0.1) is 12.8 Å². The zero-order chi connectivity index (χ0) is 31.1. The van der Waals surface area contributed by atoms with E-state index in [0.29, 0.717) is 25.1 Å². The third-order valence-corrected chi connectivity index (χ3v) is 7.63. The molecule has 1 saturated heterocycles. The van der Waals surface area contributed by atoms with Crippen molar-refractivity contribution in [3.8, 4) is 5.75 Å². The number of hydrogen-bond donors (Lipinski definition) is 4. The molecule has 43 heavy (non-hydrogen) atoms. The Hall–Kier alpha value is -4.48. The van der Waals surface area contributed by atoms with Gasteiger partial charge in [0.1, 0.15) is 29.9 Å². The van der Waals surface area contributed by atoms with Crippen LogP contribution in [0.3, 0.4) is 0 Å². The molecule has 3 aliphatic heterocycles. The molecule has 12 heteroatoms. The molecule has 2 aromatic rings. The molecule has 4 atom stereocenters. The van der Waals surface area contributed by atoms with Crippen molar-refractivity contribution in [3.63, 3.8) is 0 Å². The Morgan fingerprint density at radius 1 is 1.07 bits per heavy atom. The first-order valence-electron chi connectivity index (χ1n) is 14.6. The minimum absolute atomic E-state index is 0.176. The van der Waals surface area contributed by atoms with Crippen molar-refractivity contribution < 1.29 is 28.7 Å². The fourth-order valence-corrected chi connectivity index (χ4v) is 5.22. The number of aromatic nitrogens is 1. The number of fused-ring (bicyclic) bond motifs is 13. The van der Waals surface area contributed by atoms with Gasteiger partial charge in [-0.2, -0.15) is 0 Å². The van der Waals surface area contributed by atoms with E-state index in [9.17, 15) is 24.0 Å². The predicted molar refractivity (Wildman–Crippen MR) is 158 cm³/mol. The number of nitrogens with one attached hydrogen (secondary N) is 4. The highest BCUT2D eigenvalue weighted by atomic mass is 16.5. The number of hydrogen-bond acceptors (Lipinski definition) is 7. The lowest BCUT2D eigenvalue weighted by molar-refractivity contribution is -0.143. The molecule has 0 aliphatic carbocycles. The average molecular weight is 593 g/mol. The summed E-state index contributed by atoms with van der Waals surface area (Å²) in [4.78, 5) is 71.7. The van der Waals surface area contributed by atoms with Crippen LogP contribution in [0.15, 0.2) is 42.6 Å². The van der Waals surface area contributed by atoms with Gasteiger partial charge in [0, 0.05) is 31.4 Å². The molecular formula is C31H40N6O6. The van der Waals surface area contributed by atoms with Gasteiger partial charge in [0.15, 0.2) is 6.61 Å². The van der Waals surface area contributed by atoms with Crippen molar-refractivity contribution >= 4 is 29.5 Å². The first kappa shape index (κ1) is 31.5. The minimum Gasteiger partial charge on any atom is -0.484 e. The molecule has 4 N–H and O–H groups in total. The van der Waals surface area contributed by atoms with E-state index < -0.39 is 47.8 Å². The second-order valence-electron chi connectivity index (χ2n) is 11.4. The summed E-state index contributed by atoms with van der Waals surface area (Å²) >= 11 is 0. The van der Waals surface area contributed by atoms with Gasteiger partial charge in [-0.15, -0.1) is 0 Å². The SMILES string of the molecule is Cc1cc(CNC(=O)[C@H]2Cc3ccc(cc3)OCC(=O)N[C@H](C(C)C)C(=O)N3CCC[C@H]3C(=O)N[C@@H](C)C(=O)N2)ccn1. The van der Waals surface area contributed by atoms with Gasteiger partial charge in [-0.3, -0.25) is 29.0 Å². The van der Waals surface area contributed by atoms with Crippen LogP contribution < -0.4 is 26.0 Å². The highest BCUT2D eigenvalue weighted by molar-refractivity contribution is 5.96. The molecule has 1 aromatic heterocycles. The van der Waals surface area contributed by atoms with Crippen LogP contribution in [0.5, 0.6) is 5.75 Å². The number of pyridine rings is 1. The number of rotatable bonds is 4. The molecule has 0 radical (unpaired) electrons. The summed E-state index contributed by atoms with van der Waals surface area (Å²) in [6, 6.07) is 6.98. The highest BCUT2D eigenvalue weighted by Crippen LogP contribution is 2.21. The maximum absolute atomic E-state index is 13.5. The van der Waals surface area contributed by atoms with Gasteiger partial charge < -0.3 is 30.9 Å². The van der Waals surface area contributed by atoms with Crippen LogP contribution >= 0.6 is 0 Å². The van der Waals surface area contributed by atoms with Crippen molar-refractivity contribution in [1.82, 2.24) is 31.2 Å². The van der Waals surface area contributed by atoms with Crippen LogP contribution in [0.2, 0.25) is 0 Å². The first-order valence-corrected chi connectivity index (χ1v) is 14.6. The van der Waals surface area contributed by atoms with Crippen molar-refractivity contribution in [2.45, 2.75) is 77.7 Å². The zero-order valence-corrected chi connectivity index (χ0v) is 25.0. The molecule has 230 valence electrons. The van der Waals surface area contributed by atoms with E-state index in [-0.39, 0.29) is 31.4 Å². The van der Waals surface area contributed by atoms with Crippen molar-refractivity contribution in [2.75, 3.05) is 13.2 Å². The number of nitrogens with zero attached hydrogens (tertiary/aromatic N) is 2. The third-order valence-electron chi connectivity index (χ3n) is 7.63. The van der Waals surface area contributed by atoms with Gasteiger partial charge in [0.25, 0.3) is 5.91 Å². The van der Waals surface area contributed by atoms with E-state index >= 15 is 0 Å². The molecule has 0 spiro atoms. The molecule has 5 rings (SSSR count). The number of amides is 5. The number of carbonyl (C=O) groups is 5. The molecule has 0 saturated carbocycles. The second kappa shape index (κ2) is 14.1. The molecule has 3 aliphatic rings. The van der Waals surface area contributed by atoms with Crippen LogP contribution in [-0.2, 0) is 36.9 Å². The van der Waals surface area contributed by atoms with E-state index in [1.165, 1.54) is 11.8 Å². The Bertz CT molecular complexity index is 1350. The smallest absolute Gasteiger partial charge is 0.258 e. The van der Waals surface area contributed by atoms with Gasteiger partial charge >= 0.3 is 0 Å². The first-order chi connectivity index (χ1) is 20.5. The average Bonchev–Trinajstić information content (AvgIpc) is 3.47. The van der Waals surface area contributed by atoms with E-state index in [1.807, 2.05) is 26.8 Å². The topological polar surface area (TPSA) is 159 Å². The van der Waals surface area contributed by atoms with Crippen LogP contribution in [0.25, 0.3) is 0 Å². The van der Waals surface area contributed by atoms with Gasteiger partial charge in [0.2, 0.25) is 23.6 Å². The zero-order valence-electron chi connectivity index (χ0n) is 25.0. The molecular weight excluding hydrogens is 552 g/mol. The van der Waals surface area contributed by atoms with Crippen LogP contribution in [0.4, 0.5) is 0 Å². The number of benzene rings is 1. The molecule has 0 unspecified atom stereocenters. The largest absolute Gasteiger partial charge is 0.484 e. The van der Waals surface area contributed by atoms with Gasteiger partial charge in [-0.25, -0.2) is 0 Å². The summed E-state index contributed by atoms with van der Waals surface area (Å²) in [6.45, 7) is 7.34. The molecule has 5 amide bonds. The summed E-state index contributed by atoms with van der Waals surface area (Å²) in [7, 11) is 0.